The molecule has 2 unspecified atom stereocenters. The average Bonchev–Trinajstić information content (AvgIpc) is 2.62. The summed E-state index contributed by atoms with van der Waals surface area (Å²) in [4.78, 5) is 0. The van der Waals surface area contributed by atoms with Crippen LogP contribution in [-0.2, 0) is 4.57 Å². The third kappa shape index (κ3) is 8.17. The Hall–Kier alpha value is 0.190. The quantitative estimate of drug-likeness (QED) is 0.352. The summed E-state index contributed by atoms with van der Waals surface area (Å²) in [5, 5.41) is 0. The molecule has 25 heavy (non-hydrogen) atoms. The molecule has 1 aliphatic carbocycles. The molecule has 2 atom stereocenters. The van der Waals surface area contributed by atoms with E-state index in [0.29, 0.717) is 23.5 Å². The molecule has 3 heteroatoms. The molecule has 1 aliphatic rings. The second-order valence-electron chi connectivity index (χ2n) is 8.72. The van der Waals surface area contributed by atoms with Gasteiger partial charge in [0.15, 0.2) is 0 Å². The fourth-order valence-corrected chi connectivity index (χ4v) is 9.27. The van der Waals surface area contributed by atoms with Crippen LogP contribution in [0, 0.1) is 11.8 Å². The molecule has 0 spiro atoms. The van der Waals surface area contributed by atoms with Gasteiger partial charge in [-0.3, -0.25) is 0 Å². The van der Waals surface area contributed by atoms with Gasteiger partial charge < -0.3 is 10.3 Å². The topological polar surface area (TPSA) is 43.1 Å². The number of nitrogens with two attached hydrogens (primary N) is 1. The highest BCUT2D eigenvalue weighted by Crippen LogP contribution is 2.59. The van der Waals surface area contributed by atoms with Gasteiger partial charge in [0, 0.05) is 24.0 Å². The lowest BCUT2D eigenvalue weighted by atomic mass is 9.96. The molecule has 2 nitrogen and oxygen atoms in total. The van der Waals surface area contributed by atoms with E-state index >= 15 is 0 Å². The van der Waals surface area contributed by atoms with E-state index in [1.807, 2.05) is 0 Å². The Morgan fingerprint density at radius 1 is 0.840 bits per heavy atom. The second-order valence-corrected chi connectivity index (χ2v) is 12.1. The molecular formula is C22H46NOP. The average molecular weight is 372 g/mol. The van der Waals surface area contributed by atoms with Gasteiger partial charge >= 0.3 is 0 Å². The van der Waals surface area contributed by atoms with Gasteiger partial charge in [-0.2, -0.15) is 0 Å². The van der Waals surface area contributed by atoms with Crippen molar-refractivity contribution in [2.75, 3.05) is 12.3 Å². The third-order valence-electron chi connectivity index (χ3n) is 6.63. The molecule has 0 amide bonds. The van der Waals surface area contributed by atoms with Crippen LogP contribution in [-0.4, -0.2) is 24.0 Å². The molecular weight excluding hydrogens is 325 g/mol. The summed E-state index contributed by atoms with van der Waals surface area (Å²) >= 11 is 0. The minimum Gasteiger partial charge on any atom is -0.328 e. The third-order valence-corrected chi connectivity index (χ3v) is 10.7. The zero-order valence-electron chi connectivity index (χ0n) is 17.6. The van der Waals surface area contributed by atoms with Crippen LogP contribution in [0.1, 0.15) is 105 Å². The lowest BCUT2D eigenvalue weighted by Crippen LogP contribution is -2.31. The molecule has 0 saturated heterocycles. The summed E-state index contributed by atoms with van der Waals surface area (Å²) in [6.07, 6.45) is 16.5. The summed E-state index contributed by atoms with van der Waals surface area (Å²) in [5.74, 6) is 1.34. The van der Waals surface area contributed by atoms with Crippen LogP contribution in [0.4, 0.5) is 0 Å². The second kappa shape index (κ2) is 12.6. The van der Waals surface area contributed by atoms with Crippen LogP contribution in [0.3, 0.4) is 0 Å². The Labute approximate surface area is 158 Å². The first-order valence-electron chi connectivity index (χ1n) is 11.3. The maximum atomic E-state index is 14.3. The zero-order chi connectivity index (χ0) is 18.7. The van der Waals surface area contributed by atoms with Crippen molar-refractivity contribution in [1.29, 1.82) is 0 Å². The van der Waals surface area contributed by atoms with Crippen LogP contribution in [0.5, 0.6) is 0 Å². The largest absolute Gasteiger partial charge is 0.328 e. The fourth-order valence-electron chi connectivity index (χ4n) is 4.65. The standard InChI is InChI=1S/C22H46NOP/c1-5-9-11-19(7-3)17-25(24,18-20(8-4)12-10-6-2)22-15-13-21(23)14-16-22/h19-22H,5-18,23H2,1-4H3. The van der Waals surface area contributed by atoms with Crippen LogP contribution >= 0.6 is 7.14 Å². The molecule has 0 radical (unpaired) electrons. The summed E-state index contributed by atoms with van der Waals surface area (Å²) < 4.78 is 14.3. The van der Waals surface area contributed by atoms with Crippen molar-refractivity contribution < 1.29 is 4.57 Å². The van der Waals surface area contributed by atoms with E-state index in [-0.39, 0.29) is 0 Å². The first-order valence-corrected chi connectivity index (χ1v) is 13.5. The van der Waals surface area contributed by atoms with E-state index in [4.69, 9.17) is 5.73 Å². The van der Waals surface area contributed by atoms with Gasteiger partial charge in [-0.05, 0) is 37.5 Å². The molecule has 0 aliphatic heterocycles. The molecule has 1 rings (SSSR count). The van der Waals surface area contributed by atoms with E-state index in [1.165, 1.54) is 51.4 Å². The Bertz CT molecular complexity index is 354. The van der Waals surface area contributed by atoms with Gasteiger partial charge in [-0.15, -0.1) is 0 Å². The van der Waals surface area contributed by atoms with Gasteiger partial charge in [-0.25, -0.2) is 0 Å². The minimum atomic E-state index is -2.10. The maximum absolute atomic E-state index is 14.3. The number of hydrogen-bond acceptors (Lipinski definition) is 2. The first kappa shape index (κ1) is 23.2. The molecule has 0 aromatic rings. The molecule has 1 saturated carbocycles. The SMILES string of the molecule is CCCCC(CC)CP(=O)(CC(CC)CCCC)C1CCC(N)CC1. The summed E-state index contributed by atoms with van der Waals surface area (Å²) in [6, 6.07) is 0.355. The molecule has 0 bridgehead atoms. The maximum Gasteiger partial charge on any atom is 0.0912 e. The van der Waals surface area contributed by atoms with Gasteiger partial charge in [-0.1, -0.05) is 79.1 Å². The molecule has 0 aromatic carbocycles. The van der Waals surface area contributed by atoms with Crippen molar-refractivity contribution in [1.82, 2.24) is 0 Å². The van der Waals surface area contributed by atoms with Crippen LogP contribution in [0.2, 0.25) is 0 Å². The lowest BCUT2D eigenvalue weighted by Gasteiger charge is -2.37. The van der Waals surface area contributed by atoms with Crippen molar-refractivity contribution in [2.24, 2.45) is 17.6 Å². The molecule has 0 aromatic heterocycles. The van der Waals surface area contributed by atoms with Crippen LogP contribution in [0.25, 0.3) is 0 Å². The lowest BCUT2D eigenvalue weighted by molar-refractivity contribution is 0.415. The monoisotopic (exact) mass is 371 g/mol. The van der Waals surface area contributed by atoms with Crippen molar-refractivity contribution in [2.45, 2.75) is 116 Å². The van der Waals surface area contributed by atoms with Crippen LogP contribution in [0.15, 0.2) is 0 Å². The Kier molecular flexibility index (Phi) is 11.7. The normalized spacial score (nSPS) is 26.1. The fraction of sp³-hybridized carbons (Fsp3) is 1.00. The molecule has 1 fully saturated rings. The Balaban J connectivity index is 2.85. The highest BCUT2D eigenvalue weighted by atomic mass is 31.2. The van der Waals surface area contributed by atoms with Crippen molar-refractivity contribution in [3.05, 3.63) is 0 Å². The summed E-state index contributed by atoms with van der Waals surface area (Å²) in [5.41, 5.74) is 6.61. The molecule has 2 N–H and O–H groups in total. The minimum absolute atomic E-state index is 0.355. The summed E-state index contributed by atoms with van der Waals surface area (Å²) in [6.45, 7) is 9.14. The van der Waals surface area contributed by atoms with Gasteiger partial charge in [0.2, 0.25) is 0 Å². The highest BCUT2D eigenvalue weighted by molar-refractivity contribution is 7.64. The predicted molar refractivity (Wildman–Crippen MR) is 114 cm³/mol. The van der Waals surface area contributed by atoms with Gasteiger partial charge in [0.25, 0.3) is 0 Å². The zero-order valence-corrected chi connectivity index (χ0v) is 18.5. The van der Waals surface area contributed by atoms with Crippen molar-refractivity contribution in [3.8, 4) is 0 Å². The van der Waals surface area contributed by atoms with E-state index in [0.717, 1.165) is 38.0 Å². The van der Waals surface area contributed by atoms with E-state index < -0.39 is 7.14 Å². The van der Waals surface area contributed by atoms with Gasteiger partial charge in [0.05, 0.1) is 7.14 Å². The van der Waals surface area contributed by atoms with Crippen molar-refractivity contribution >= 4 is 7.14 Å². The van der Waals surface area contributed by atoms with E-state index in [9.17, 15) is 4.57 Å². The Morgan fingerprint density at radius 2 is 1.28 bits per heavy atom. The number of hydrogen-bond donors (Lipinski definition) is 1. The van der Waals surface area contributed by atoms with Crippen LogP contribution < -0.4 is 5.73 Å². The highest BCUT2D eigenvalue weighted by Gasteiger charge is 2.38. The molecule has 150 valence electrons. The predicted octanol–water partition coefficient (Wildman–Crippen LogP) is 7.05. The van der Waals surface area contributed by atoms with E-state index in [2.05, 4.69) is 27.7 Å². The Morgan fingerprint density at radius 3 is 1.64 bits per heavy atom. The van der Waals surface area contributed by atoms with E-state index in [1.54, 1.807) is 0 Å². The first-order chi connectivity index (χ1) is 12.0. The summed E-state index contributed by atoms with van der Waals surface area (Å²) in [7, 11) is -2.10. The molecule has 0 heterocycles. The number of rotatable bonds is 13. The smallest absolute Gasteiger partial charge is 0.0912 e. The van der Waals surface area contributed by atoms with Crippen molar-refractivity contribution in [3.63, 3.8) is 0 Å². The number of unbranched alkanes of at least 4 members (excludes halogenated alkanes) is 2. The van der Waals surface area contributed by atoms with Gasteiger partial charge in [0.1, 0.15) is 0 Å².